The second kappa shape index (κ2) is 4.52. The second-order valence-electron chi connectivity index (χ2n) is 6.79. The van der Waals surface area contributed by atoms with Crippen molar-refractivity contribution in [1.82, 2.24) is 19.5 Å². The van der Waals surface area contributed by atoms with Crippen LogP contribution in [0.1, 0.15) is 27.7 Å². The number of nitrogens with two attached hydrogens (primary N) is 1. The summed E-state index contributed by atoms with van der Waals surface area (Å²) in [6, 6.07) is 0. The first-order valence-corrected chi connectivity index (χ1v) is 7.37. The minimum Gasteiger partial charge on any atom is -0.393 e. The lowest BCUT2D eigenvalue weighted by atomic mass is 9.74. The summed E-state index contributed by atoms with van der Waals surface area (Å²) < 4.78 is 22.7. The SMILES string of the molecule is CC1(O)C(C)(F)[C@](C)(n2cnc3c(=O)[nH]c(N)nc32)O[C@]1(C)CO. The number of alkyl halides is 1. The molecule has 0 aromatic carbocycles. The number of aromatic nitrogens is 4. The maximum atomic E-state index is 15.7. The third-order valence-electron chi connectivity index (χ3n) is 5.43. The number of nitrogens with zero attached hydrogens (tertiary/aromatic N) is 3. The first kappa shape index (κ1) is 16.8. The van der Waals surface area contributed by atoms with Gasteiger partial charge in [0.2, 0.25) is 5.95 Å². The largest absolute Gasteiger partial charge is 0.393 e. The molecular formula is C14H20FN5O4. The molecule has 0 radical (unpaired) electrons. The Bertz CT molecular complexity index is 876. The average molecular weight is 341 g/mol. The van der Waals surface area contributed by atoms with Crippen molar-refractivity contribution in [1.29, 1.82) is 0 Å². The lowest BCUT2D eigenvalue weighted by Crippen LogP contribution is -2.60. The molecule has 1 saturated heterocycles. The van der Waals surface area contributed by atoms with E-state index in [2.05, 4.69) is 15.0 Å². The van der Waals surface area contributed by atoms with E-state index in [9.17, 15) is 15.0 Å². The molecule has 4 atom stereocenters. The second-order valence-corrected chi connectivity index (χ2v) is 6.79. The number of aliphatic hydroxyl groups is 2. The first-order chi connectivity index (χ1) is 10.9. The Morgan fingerprint density at radius 1 is 1.42 bits per heavy atom. The maximum Gasteiger partial charge on any atom is 0.280 e. The standard InChI is InChI=1S/C14H20FN5O4/c1-11(5-21)13(3,23)12(2,15)14(4,24-11)20-6-17-7-8(20)18-10(16)19-9(7)22/h6,21,23H,5H2,1-4H3,(H3,16,18,19,22)/t11-,12?,13?,14-/m1/s1. The van der Waals surface area contributed by atoms with E-state index in [1.165, 1.54) is 31.7 Å². The van der Waals surface area contributed by atoms with Crippen LogP contribution in [0.15, 0.2) is 11.1 Å². The Morgan fingerprint density at radius 3 is 2.58 bits per heavy atom. The summed E-state index contributed by atoms with van der Waals surface area (Å²) in [5.74, 6) is -0.159. The van der Waals surface area contributed by atoms with Crippen LogP contribution in [0.2, 0.25) is 0 Å². The van der Waals surface area contributed by atoms with Crippen molar-refractivity contribution in [3.8, 4) is 0 Å². The quantitative estimate of drug-likeness (QED) is 0.584. The lowest BCUT2D eigenvalue weighted by molar-refractivity contribution is -0.181. The fraction of sp³-hybridized carbons (Fsp3) is 0.643. The zero-order valence-electron chi connectivity index (χ0n) is 13.8. The number of H-pyrrole nitrogens is 1. The molecule has 1 aliphatic rings. The number of aliphatic hydroxyl groups excluding tert-OH is 1. The number of ether oxygens (including phenoxy) is 1. The van der Waals surface area contributed by atoms with Crippen molar-refractivity contribution in [2.45, 2.75) is 50.3 Å². The van der Waals surface area contributed by atoms with Crippen LogP contribution >= 0.6 is 0 Å². The molecule has 0 saturated carbocycles. The molecule has 0 aliphatic carbocycles. The molecule has 5 N–H and O–H groups in total. The van der Waals surface area contributed by atoms with E-state index in [1.54, 1.807) is 0 Å². The van der Waals surface area contributed by atoms with Crippen LogP contribution in [-0.2, 0) is 10.5 Å². The molecule has 9 nitrogen and oxygen atoms in total. The molecule has 0 spiro atoms. The van der Waals surface area contributed by atoms with Crippen molar-refractivity contribution in [3.05, 3.63) is 16.7 Å². The van der Waals surface area contributed by atoms with Gasteiger partial charge in [0.1, 0.15) is 11.2 Å². The van der Waals surface area contributed by atoms with Crippen LogP contribution in [0.4, 0.5) is 10.3 Å². The van der Waals surface area contributed by atoms with Crippen LogP contribution < -0.4 is 11.3 Å². The van der Waals surface area contributed by atoms with E-state index >= 15 is 4.39 Å². The number of anilines is 1. The number of halogens is 1. The van der Waals surface area contributed by atoms with Gasteiger partial charge in [-0.05, 0) is 27.7 Å². The van der Waals surface area contributed by atoms with Gasteiger partial charge in [-0.15, -0.1) is 0 Å². The third-order valence-corrected chi connectivity index (χ3v) is 5.43. The van der Waals surface area contributed by atoms with Gasteiger partial charge in [0.25, 0.3) is 5.56 Å². The molecule has 132 valence electrons. The predicted molar refractivity (Wildman–Crippen MR) is 82.9 cm³/mol. The molecular weight excluding hydrogens is 321 g/mol. The van der Waals surface area contributed by atoms with Crippen molar-refractivity contribution >= 4 is 17.1 Å². The Hall–Kier alpha value is -2.04. The summed E-state index contributed by atoms with van der Waals surface area (Å²) in [7, 11) is 0. The van der Waals surface area contributed by atoms with Gasteiger partial charge in [0.15, 0.2) is 22.6 Å². The highest BCUT2D eigenvalue weighted by Crippen LogP contribution is 2.56. The Morgan fingerprint density at radius 2 is 2.04 bits per heavy atom. The van der Waals surface area contributed by atoms with E-state index in [4.69, 9.17) is 10.5 Å². The molecule has 0 bridgehead atoms. The Labute approximate surface area is 136 Å². The van der Waals surface area contributed by atoms with Gasteiger partial charge in [0.05, 0.1) is 12.9 Å². The van der Waals surface area contributed by atoms with Crippen molar-refractivity contribution in [3.63, 3.8) is 0 Å². The van der Waals surface area contributed by atoms with Gasteiger partial charge in [-0.2, -0.15) is 4.98 Å². The molecule has 0 amide bonds. The van der Waals surface area contributed by atoms with Gasteiger partial charge >= 0.3 is 0 Å². The van der Waals surface area contributed by atoms with Crippen LogP contribution in [0, 0.1) is 0 Å². The van der Waals surface area contributed by atoms with E-state index in [0.717, 1.165) is 6.92 Å². The van der Waals surface area contributed by atoms with Gasteiger partial charge in [0, 0.05) is 0 Å². The smallest absolute Gasteiger partial charge is 0.280 e. The fourth-order valence-corrected chi connectivity index (χ4v) is 3.28. The molecule has 2 aromatic rings. The average Bonchev–Trinajstić information content (AvgIpc) is 2.94. The van der Waals surface area contributed by atoms with Crippen molar-refractivity contribution in [2.75, 3.05) is 12.3 Å². The highest BCUT2D eigenvalue weighted by Gasteiger charge is 2.74. The summed E-state index contributed by atoms with van der Waals surface area (Å²) in [5.41, 5.74) is -2.81. The van der Waals surface area contributed by atoms with Crippen molar-refractivity contribution < 1.29 is 19.3 Å². The predicted octanol–water partition coefficient (Wildman–Crippen LogP) is -0.365. The van der Waals surface area contributed by atoms with Gasteiger partial charge in [-0.25, -0.2) is 9.37 Å². The molecule has 10 heteroatoms. The summed E-state index contributed by atoms with van der Waals surface area (Å²) in [4.78, 5) is 22.2. The first-order valence-electron chi connectivity index (χ1n) is 7.37. The number of rotatable bonds is 2. The minimum absolute atomic E-state index is 0.0145. The molecule has 3 rings (SSSR count). The van der Waals surface area contributed by atoms with E-state index in [-0.39, 0.29) is 17.1 Å². The van der Waals surface area contributed by atoms with Crippen LogP contribution in [0.25, 0.3) is 11.2 Å². The zero-order valence-corrected chi connectivity index (χ0v) is 13.8. The highest BCUT2D eigenvalue weighted by molar-refractivity contribution is 5.71. The monoisotopic (exact) mass is 341 g/mol. The van der Waals surface area contributed by atoms with Crippen LogP contribution in [0.3, 0.4) is 0 Å². The summed E-state index contributed by atoms with van der Waals surface area (Å²) in [6.07, 6.45) is 1.20. The Balaban J connectivity index is 2.32. The molecule has 3 heterocycles. The molecule has 24 heavy (non-hydrogen) atoms. The van der Waals surface area contributed by atoms with E-state index < -0.39 is 34.8 Å². The number of nitrogens with one attached hydrogen (secondary N) is 1. The number of imidazole rings is 1. The lowest BCUT2D eigenvalue weighted by Gasteiger charge is -2.39. The molecule has 1 fully saturated rings. The number of fused-ring (bicyclic) bond motifs is 1. The number of nitrogen functional groups attached to an aromatic ring is 1. The summed E-state index contributed by atoms with van der Waals surface area (Å²) >= 11 is 0. The number of hydrogen-bond donors (Lipinski definition) is 4. The third kappa shape index (κ3) is 1.70. The fourth-order valence-electron chi connectivity index (χ4n) is 3.28. The Kier molecular flexibility index (Phi) is 3.17. The molecule has 2 aromatic heterocycles. The van der Waals surface area contributed by atoms with E-state index in [0.29, 0.717) is 0 Å². The molecule has 2 unspecified atom stereocenters. The normalized spacial score (nSPS) is 39.6. The highest BCUT2D eigenvalue weighted by atomic mass is 19.1. The zero-order chi connectivity index (χ0) is 18.1. The van der Waals surface area contributed by atoms with E-state index in [1.807, 2.05) is 0 Å². The van der Waals surface area contributed by atoms with Crippen molar-refractivity contribution in [2.24, 2.45) is 0 Å². The van der Waals surface area contributed by atoms with Crippen LogP contribution in [0.5, 0.6) is 0 Å². The van der Waals surface area contributed by atoms with Gasteiger partial charge < -0.3 is 20.7 Å². The number of hydrogen-bond acceptors (Lipinski definition) is 7. The molecule has 1 aliphatic heterocycles. The van der Waals surface area contributed by atoms with Gasteiger partial charge in [-0.1, -0.05) is 0 Å². The summed E-state index contributed by atoms with van der Waals surface area (Å²) in [6.45, 7) is 4.60. The number of aromatic amines is 1. The summed E-state index contributed by atoms with van der Waals surface area (Å²) in [5, 5.41) is 20.4. The topological polar surface area (TPSA) is 139 Å². The minimum atomic E-state index is -2.36. The maximum absolute atomic E-state index is 15.7. The van der Waals surface area contributed by atoms with Crippen LogP contribution in [-0.4, -0.2) is 53.2 Å². The van der Waals surface area contributed by atoms with Gasteiger partial charge in [-0.3, -0.25) is 14.3 Å².